The molecule has 5 heteroatoms. The van der Waals surface area contributed by atoms with Gasteiger partial charge in [-0.25, -0.2) is 0 Å². The van der Waals surface area contributed by atoms with Gasteiger partial charge in [-0.1, -0.05) is 6.07 Å². The van der Waals surface area contributed by atoms with E-state index < -0.39 is 0 Å². The molecule has 0 fully saturated rings. The molecule has 0 atom stereocenters. The summed E-state index contributed by atoms with van der Waals surface area (Å²) in [5.41, 5.74) is 2.72. The fourth-order valence-corrected chi connectivity index (χ4v) is 2.19. The second-order valence-electron chi connectivity index (χ2n) is 5.13. The van der Waals surface area contributed by atoms with Crippen molar-refractivity contribution < 1.29 is 14.3 Å². The van der Waals surface area contributed by atoms with E-state index in [1.54, 1.807) is 42.5 Å². The van der Waals surface area contributed by atoms with Crippen molar-refractivity contribution in [1.82, 2.24) is 0 Å². The van der Waals surface area contributed by atoms with Crippen LogP contribution in [0.15, 0.2) is 42.5 Å². The lowest BCUT2D eigenvalue weighted by Crippen LogP contribution is -2.13. The van der Waals surface area contributed by atoms with Crippen LogP contribution in [0.2, 0.25) is 0 Å². The highest BCUT2D eigenvalue weighted by atomic mass is 16.5. The minimum absolute atomic E-state index is 0.157. The molecule has 2 amide bonds. The summed E-state index contributed by atoms with van der Waals surface area (Å²) < 4.78 is 5.47. The Hall–Kier alpha value is -2.82. The average molecular weight is 312 g/mol. The molecule has 0 radical (unpaired) electrons. The van der Waals surface area contributed by atoms with Gasteiger partial charge in [0.2, 0.25) is 5.91 Å². The zero-order chi connectivity index (χ0) is 16.8. The maximum atomic E-state index is 12.3. The first-order chi connectivity index (χ1) is 11.0. The second kappa shape index (κ2) is 7.45. The average Bonchev–Trinajstić information content (AvgIpc) is 2.49. The summed E-state index contributed by atoms with van der Waals surface area (Å²) in [5, 5.41) is 5.50. The normalized spacial score (nSPS) is 10.0. The fourth-order valence-electron chi connectivity index (χ4n) is 2.19. The van der Waals surface area contributed by atoms with E-state index >= 15 is 0 Å². The van der Waals surface area contributed by atoms with Gasteiger partial charge in [0, 0.05) is 23.9 Å². The molecule has 0 aliphatic heterocycles. The van der Waals surface area contributed by atoms with Crippen LogP contribution < -0.4 is 15.4 Å². The van der Waals surface area contributed by atoms with Crippen molar-refractivity contribution in [2.75, 3.05) is 17.2 Å². The van der Waals surface area contributed by atoms with E-state index in [9.17, 15) is 9.59 Å². The number of ether oxygens (including phenoxy) is 1. The van der Waals surface area contributed by atoms with Crippen molar-refractivity contribution in [3.05, 3.63) is 53.6 Å². The molecule has 0 aliphatic carbocycles. The van der Waals surface area contributed by atoms with E-state index in [2.05, 4.69) is 10.6 Å². The number of benzene rings is 2. The number of nitrogens with one attached hydrogen (secondary N) is 2. The minimum Gasteiger partial charge on any atom is -0.494 e. The highest BCUT2D eigenvalue weighted by Crippen LogP contribution is 2.21. The van der Waals surface area contributed by atoms with Gasteiger partial charge in [-0.2, -0.15) is 0 Å². The van der Waals surface area contributed by atoms with Crippen LogP contribution in [-0.4, -0.2) is 18.4 Å². The van der Waals surface area contributed by atoms with Crippen LogP contribution in [0.3, 0.4) is 0 Å². The molecule has 0 unspecified atom stereocenters. The molecule has 0 spiro atoms. The van der Waals surface area contributed by atoms with Gasteiger partial charge in [-0.3, -0.25) is 9.59 Å². The highest BCUT2D eigenvalue weighted by molar-refractivity contribution is 6.04. The molecule has 2 aromatic rings. The summed E-state index contributed by atoms with van der Waals surface area (Å²) in [6, 6.07) is 12.3. The maximum Gasteiger partial charge on any atom is 0.255 e. The Morgan fingerprint density at radius 1 is 1.04 bits per heavy atom. The fraction of sp³-hybridized carbons (Fsp3) is 0.222. The van der Waals surface area contributed by atoms with Crippen molar-refractivity contribution in [2.45, 2.75) is 20.8 Å². The quantitative estimate of drug-likeness (QED) is 0.886. The summed E-state index contributed by atoms with van der Waals surface area (Å²) in [6.45, 7) is 5.84. The first-order valence-corrected chi connectivity index (χ1v) is 7.42. The molecular formula is C18H20N2O3. The summed E-state index contributed by atoms with van der Waals surface area (Å²) in [7, 11) is 0. The molecule has 120 valence electrons. The number of amides is 2. The van der Waals surface area contributed by atoms with Crippen LogP contribution in [0, 0.1) is 6.92 Å². The smallest absolute Gasteiger partial charge is 0.255 e. The van der Waals surface area contributed by atoms with Crippen LogP contribution in [-0.2, 0) is 4.79 Å². The van der Waals surface area contributed by atoms with E-state index in [1.165, 1.54) is 6.92 Å². The summed E-state index contributed by atoms with van der Waals surface area (Å²) in [6.07, 6.45) is 0. The van der Waals surface area contributed by atoms with Crippen LogP contribution in [0.1, 0.15) is 29.8 Å². The molecular weight excluding hydrogens is 292 g/mol. The van der Waals surface area contributed by atoms with Crippen LogP contribution in [0.4, 0.5) is 11.4 Å². The minimum atomic E-state index is -0.212. The lowest BCUT2D eigenvalue weighted by Gasteiger charge is -2.10. The standard InChI is InChI=1S/C18H20N2O3/c1-4-23-17-9-8-14(10-12(17)2)18(22)20-16-7-5-6-15(11-16)19-13(3)21/h5-11H,4H2,1-3H3,(H,19,21)(H,20,22). The highest BCUT2D eigenvalue weighted by Gasteiger charge is 2.09. The first kappa shape index (κ1) is 16.5. The SMILES string of the molecule is CCOc1ccc(C(=O)Nc2cccc(NC(C)=O)c2)cc1C. The van der Waals surface area contributed by atoms with Crippen LogP contribution in [0.5, 0.6) is 5.75 Å². The Morgan fingerprint density at radius 3 is 2.35 bits per heavy atom. The topological polar surface area (TPSA) is 67.4 Å². The zero-order valence-electron chi connectivity index (χ0n) is 13.5. The van der Waals surface area contributed by atoms with Gasteiger partial charge in [0.05, 0.1) is 6.61 Å². The second-order valence-corrected chi connectivity index (χ2v) is 5.13. The number of anilines is 2. The van der Waals surface area contributed by atoms with E-state index in [0.717, 1.165) is 11.3 Å². The third-order valence-electron chi connectivity index (χ3n) is 3.18. The van der Waals surface area contributed by atoms with Gasteiger partial charge in [0.15, 0.2) is 0 Å². The van der Waals surface area contributed by atoms with Crippen LogP contribution in [0.25, 0.3) is 0 Å². The lowest BCUT2D eigenvalue weighted by molar-refractivity contribution is -0.114. The van der Waals surface area contributed by atoms with Crippen molar-refractivity contribution in [3.63, 3.8) is 0 Å². The first-order valence-electron chi connectivity index (χ1n) is 7.42. The number of rotatable bonds is 5. The summed E-state index contributed by atoms with van der Waals surface area (Å²) >= 11 is 0. The Balaban J connectivity index is 2.12. The molecule has 5 nitrogen and oxygen atoms in total. The Labute approximate surface area is 135 Å². The van der Waals surface area contributed by atoms with Gasteiger partial charge in [-0.15, -0.1) is 0 Å². The van der Waals surface area contributed by atoms with Crippen LogP contribution >= 0.6 is 0 Å². The molecule has 2 aromatic carbocycles. The van der Waals surface area contributed by atoms with Gasteiger partial charge in [-0.05, 0) is 55.8 Å². The number of aryl methyl sites for hydroxylation is 1. The monoisotopic (exact) mass is 312 g/mol. The number of hydrogen-bond donors (Lipinski definition) is 2. The van der Waals surface area contributed by atoms with E-state index in [1.807, 2.05) is 13.8 Å². The Kier molecular flexibility index (Phi) is 5.36. The Bertz CT molecular complexity index is 726. The van der Waals surface area contributed by atoms with Gasteiger partial charge < -0.3 is 15.4 Å². The van der Waals surface area contributed by atoms with Crippen molar-refractivity contribution >= 4 is 23.2 Å². The molecule has 0 saturated heterocycles. The molecule has 0 aliphatic rings. The van der Waals surface area contributed by atoms with Crippen molar-refractivity contribution in [1.29, 1.82) is 0 Å². The third-order valence-corrected chi connectivity index (χ3v) is 3.18. The molecule has 0 saturated carbocycles. The third kappa shape index (κ3) is 4.57. The van der Waals surface area contributed by atoms with Gasteiger partial charge in [0.1, 0.15) is 5.75 Å². The van der Waals surface area contributed by atoms with E-state index in [0.29, 0.717) is 23.5 Å². The molecule has 0 bridgehead atoms. The molecule has 2 N–H and O–H groups in total. The van der Waals surface area contributed by atoms with Gasteiger partial charge in [0.25, 0.3) is 5.91 Å². The van der Waals surface area contributed by atoms with Gasteiger partial charge >= 0.3 is 0 Å². The summed E-state index contributed by atoms with van der Waals surface area (Å²) in [5.74, 6) is 0.406. The number of carbonyl (C=O) groups is 2. The van der Waals surface area contributed by atoms with E-state index in [-0.39, 0.29) is 11.8 Å². The maximum absolute atomic E-state index is 12.3. The van der Waals surface area contributed by atoms with Crippen molar-refractivity contribution in [3.8, 4) is 5.75 Å². The van der Waals surface area contributed by atoms with Crippen molar-refractivity contribution in [2.24, 2.45) is 0 Å². The van der Waals surface area contributed by atoms with E-state index in [4.69, 9.17) is 4.74 Å². The number of hydrogen-bond acceptors (Lipinski definition) is 3. The Morgan fingerprint density at radius 2 is 1.74 bits per heavy atom. The summed E-state index contributed by atoms with van der Waals surface area (Å²) in [4.78, 5) is 23.4. The molecule has 2 rings (SSSR count). The zero-order valence-corrected chi connectivity index (χ0v) is 13.5. The lowest BCUT2D eigenvalue weighted by atomic mass is 10.1. The molecule has 0 heterocycles. The molecule has 0 aromatic heterocycles. The predicted octanol–water partition coefficient (Wildman–Crippen LogP) is 3.60. The number of carbonyl (C=O) groups excluding carboxylic acids is 2. The predicted molar refractivity (Wildman–Crippen MR) is 91.0 cm³/mol. The largest absolute Gasteiger partial charge is 0.494 e. The molecule has 23 heavy (non-hydrogen) atoms.